The Hall–Kier alpha value is -2.86. The molecule has 1 aromatic heterocycles. The third-order valence-corrected chi connectivity index (χ3v) is 7.98. The Bertz CT molecular complexity index is 1250. The van der Waals surface area contributed by atoms with Crippen molar-refractivity contribution >= 4 is 22.5 Å². The Kier molecular flexibility index (Phi) is 7.07. The van der Waals surface area contributed by atoms with Gasteiger partial charge in [0, 0.05) is 60.3 Å². The molecule has 2 aliphatic rings. The molecule has 1 amide bonds. The van der Waals surface area contributed by atoms with E-state index in [2.05, 4.69) is 59.2 Å². The van der Waals surface area contributed by atoms with Crippen LogP contribution in [0.3, 0.4) is 0 Å². The summed E-state index contributed by atoms with van der Waals surface area (Å²) in [6, 6.07) is 14.8. The molecule has 1 saturated carbocycles. The Balaban J connectivity index is 1.73. The Labute approximate surface area is 214 Å². The Morgan fingerprint density at radius 2 is 1.83 bits per heavy atom. The van der Waals surface area contributed by atoms with E-state index >= 15 is 4.39 Å². The van der Waals surface area contributed by atoms with Gasteiger partial charge in [-0.2, -0.15) is 0 Å². The molecule has 5 rings (SSSR count). The number of para-hydroxylation sites is 1. The molecule has 6 heteroatoms. The van der Waals surface area contributed by atoms with Crippen molar-refractivity contribution in [1.29, 1.82) is 0 Å². The van der Waals surface area contributed by atoms with E-state index in [0.29, 0.717) is 18.0 Å². The van der Waals surface area contributed by atoms with E-state index in [9.17, 15) is 4.79 Å². The molecule has 1 aliphatic carbocycles. The lowest BCUT2D eigenvalue weighted by Crippen LogP contribution is -2.28. The molecule has 1 aliphatic heterocycles. The number of anilines is 1. The number of aromatic nitrogens is 1. The highest BCUT2D eigenvalue weighted by Crippen LogP contribution is 2.47. The number of amides is 1. The molecule has 0 saturated heterocycles. The van der Waals surface area contributed by atoms with Crippen molar-refractivity contribution in [2.75, 3.05) is 40.1 Å². The molecule has 0 bridgehead atoms. The second-order valence-corrected chi connectivity index (χ2v) is 11.0. The maximum atomic E-state index is 15.5. The topological polar surface area (TPSA) is 40.5 Å². The smallest absolute Gasteiger partial charge is 0.253 e. The summed E-state index contributed by atoms with van der Waals surface area (Å²) >= 11 is 0. The van der Waals surface area contributed by atoms with Gasteiger partial charge in [-0.3, -0.25) is 4.79 Å². The van der Waals surface area contributed by atoms with Gasteiger partial charge < -0.3 is 19.7 Å². The molecule has 5 nitrogen and oxygen atoms in total. The lowest BCUT2D eigenvalue weighted by Gasteiger charge is -2.30. The number of nitrogens with zero attached hydrogens (tertiary/aromatic N) is 3. The second kappa shape index (κ2) is 10.3. The van der Waals surface area contributed by atoms with Gasteiger partial charge in [0.25, 0.3) is 5.91 Å². The maximum Gasteiger partial charge on any atom is 0.253 e. The van der Waals surface area contributed by atoms with E-state index in [1.807, 2.05) is 12.1 Å². The van der Waals surface area contributed by atoms with Crippen molar-refractivity contribution in [3.8, 4) is 11.3 Å². The minimum atomic E-state index is -0.837. The lowest BCUT2D eigenvalue weighted by molar-refractivity contribution is 0.0827. The molecule has 1 N–H and O–H groups in total. The van der Waals surface area contributed by atoms with Crippen molar-refractivity contribution < 1.29 is 9.18 Å². The zero-order chi connectivity index (χ0) is 25.4. The quantitative estimate of drug-likeness (QED) is 0.467. The van der Waals surface area contributed by atoms with E-state index in [0.717, 1.165) is 78.6 Å². The summed E-state index contributed by atoms with van der Waals surface area (Å²) < 4.78 is 17.9. The van der Waals surface area contributed by atoms with Crippen LogP contribution in [-0.4, -0.2) is 67.2 Å². The molecule has 192 valence electrons. The van der Waals surface area contributed by atoms with Crippen LogP contribution in [0.1, 0.15) is 60.4 Å². The lowest BCUT2D eigenvalue weighted by atomic mass is 9.80. The minimum absolute atomic E-state index is 0.00759. The van der Waals surface area contributed by atoms with Gasteiger partial charge in [0.05, 0.1) is 5.69 Å². The number of carbonyl (C=O) groups is 1. The normalized spacial score (nSPS) is 21.9. The third-order valence-electron chi connectivity index (χ3n) is 7.98. The molecule has 3 atom stereocenters. The van der Waals surface area contributed by atoms with Crippen LogP contribution in [0.2, 0.25) is 0 Å². The largest absolute Gasteiger partial charge is 0.382 e. The number of halogens is 1. The predicted octanol–water partition coefficient (Wildman–Crippen LogP) is 6.14. The first-order chi connectivity index (χ1) is 17.3. The third kappa shape index (κ3) is 4.63. The predicted molar refractivity (Wildman–Crippen MR) is 147 cm³/mol. The summed E-state index contributed by atoms with van der Waals surface area (Å²) in [5.41, 5.74) is 6.23. The van der Waals surface area contributed by atoms with Crippen molar-refractivity contribution in [3.63, 3.8) is 0 Å². The van der Waals surface area contributed by atoms with Crippen LogP contribution in [0.25, 0.3) is 22.2 Å². The SMILES string of the molecule is CN(C)CCC1CCn2c(c(C3CCCC[C@@H]3F)c3ccc(C(=O)N(C)C)cc32)-c2ccccc2N1. The number of carbonyl (C=O) groups excluding carboxylic acids is 1. The fourth-order valence-corrected chi connectivity index (χ4v) is 6.10. The molecule has 0 spiro atoms. The molecule has 1 fully saturated rings. The number of rotatable bonds is 5. The fraction of sp³-hybridized carbons (Fsp3) is 0.500. The molecule has 2 aromatic carbocycles. The minimum Gasteiger partial charge on any atom is -0.382 e. The molecule has 2 unspecified atom stereocenters. The average Bonchev–Trinajstić information content (AvgIpc) is 3.16. The Morgan fingerprint density at radius 1 is 1.06 bits per heavy atom. The van der Waals surface area contributed by atoms with Gasteiger partial charge in [0.1, 0.15) is 6.17 Å². The second-order valence-electron chi connectivity index (χ2n) is 11.0. The molecule has 2 heterocycles. The highest BCUT2D eigenvalue weighted by molar-refractivity contribution is 6.01. The van der Waals surface area contributed by atoms with E-state index in [1.165, 1.54) is 0 Å². The molecular weight excluding hydrogens is 451 g/mol. The number of hydrogen-bond acceptors (Lipinski definition) is 3. The van der Waals surface area contributed by atoms with Crippen molar-refractivity contribution in [3.05, 3.63) is 53.6 Å². The van der Waals surface area contributed by atoms with Crippen LogP contribution in [0.15, 0.2) is 42.5 Å². The fourth-order valence-electron chi connectivity index (χ4n) is 6.10. The van der Waals surface area contributed by atoms with Crippen LogP contribution in [-0.2, 0) is 6.54 Å². The van der Waals surface area contributed by atoms with Crippen LogP contribution >= 0.6 is 0 Å². The summed E-state index contributed by atoms with van der Waals surface area (Å²) in [6.07, 6.45) is 4.68. The standard InChI is InChI=1S/C30H39FN4O/c1-33(2)17-15-21-16-18-35-27-19-20(30(36)34(3)4)13-14-24(27)28(22-9-5-7-11-25(22)31)29(35)23-10-6-8-12-26(23)32-21/h6,8,10,12-14,19,21-22,25,32H,5,7,9,11,15-18H2,1-4H3/t21?,22?,25-/m0/s1. The Morgan fingerprint density at radius 3 is 2.58 bits per heavy atom. The van der Waals surface area contributed by atoms with E-state index in [1.54, 1.807) is 19.0 Å². The summed E-state index contributed by atoms with van der Waals surface area (Å²) in [5.74, 6) is -0.128. The molecule has 3 aromatic rings. The first kappa shape index (κ1) is 24.8. The van der Waals surface area contributed by atoms with Gasteiger partial charge in [0.15, 0.2) is 0 Å². The van der Waals surface area contributed by atoms with Crippen LogP contribution in [0, 0.1) is 0 Å². The van der Waals surface area contributed by atoms with Gasteiger partial charge in [-0.1, -0.05) is 37.1 Å². The van der Waals surface area contributed by atoms with Gasteiger partial charge in [-0.25, -0.2) is 4.39 Å². The van der Waals surface area contributed by atoms with E-state index in [4.69, 9.17) is 0 Å². The maximum absolute atomic E-state index is 15.5. The van der Waals surface area contributed by atoms with Gasteiger partial charge >= 0.3 is 0 Å². The summed E-state index contributed by atoms with van der Waals surface area (Å²) in [6.45, 7) is 1.84. The monoisotopic (exact) mass is 490 g/mol. The van der Waals surface area contributed by atoms with E-state index in [-0.39, 0.29) is 11.8 Å². The van der Waals surface area contributed by atoms with Crippen LogP contribution in [0.5, 0.6) is 0 Å². The van der Waals surface area contributed by atoms with Gasteiger partial charge in [-0.05, 0) is 70.1 Å². The summed E-state index contributed by atoms with van der Waals surface area (Å²) in [5, 5.41) is 4.93. The number of hydrogen-bond donors (Lipinski definition) is 1. The average molecular weight is 491 g/mol. The number of alkyl halides is 1. The summed E-state index contributed by atoms with van der Waals surface area (Å²) in [4.78, 5) is 16.7. The number of aryl methyl sites for hydroxylation is 1. The van der Waals surface area contributed by atoms with E-state index < -0.39 is 6.17 Å². The van der Waals surface area contributed by atoms with Crippen molar-refractivity contribution in [2.45, 2.75) is 63.2 Å². The first-order valence-corrected chi connectivity index (χ1v) is 13.4. The number of nitrogens with one attached hydrogen (secondary N) is 1. The zero-order valence-corrected chi connectivity index (χ0v) is 22.1. The highest BCUT2D eigenvalue weighted by atomic mass is 19.1. The van der Waals surface area contributed by atoms with Crippen LogP contribution in [0.4, 0.5) is 10.1 Å². The highest BCUT2D eigenvalue weighted by Gasteiger charge is 2.34. The molecule has 36 heavy (non-hydrogen) atoms. The first-order valence-electron chi connectivity index (χ1n) is 13.4. The molecular formula is C30H39FN4O. The number of fused-ring (bicyclic) bond motifs is 5. The van der Waals surface area contributed by atoms with Crippen molar-refractivity contribution in [2.24, 2.45) is 0 Å². The van der Waals surface area contributed by atoms with Crippen LogP contribution < -0.4 is 5.32 Å². The number of benzene rings is 2. The zero-order valence-electron chi connectivity index (χ0n) is 22.1. The molecule has 0 radical (unpaired) electrons. The van der Waals surface area contributed by atoms with Gasteiger partial charge in [0.2, 0.25) is 0 Å². The van der Waals surface area contributed by atoms with Gasteiger partial charge in [-0.15, -0.1) is 0 Å². The van der Waals surface area contributed by atoms with Crippen molar-refractivity contribution in [1.82, 2.24) is 14.4 Å². The summed E-state index contributed by atoms with van der Waals surface area (Å²) in [7, 11) is 7.80.